The maximum Gasteiger partial charge on any atom is 0.310 e. The molecule has 1 N–H and O–H groups in total. The van der Waals surface area contributed by atoms with Crippen molar-refractivity contribution in [1.82, 2.24) is 4.98 Å². The second-order valence-corrected chi connectivity index (χ2v) is 4.25. The number of H-pyrrole nitrogens is 1. The first kappa shape index (κ1) is 13.2. The van der Waals surface area contributed by atoms with Crippen molar-refractivity contribution in [2.75, 3.05) is 7.11 Å². The van der Waals surface area contributed by atoms with Crippen LogP contribution < -0.4 is 4.74 Å². The van der Waals surface area contributed by atoms with Crippen molar-refractivity contribution in [3.05, 3.63) is 53.9 Å². The van der Waals surface area contributed by atoms with Crippen LogP contribution in [0.3, 0.4) is 0 Å². The van der Waals surface area contributed by atoms with Crippen LogP contribution in [0.4, 0.5) is 0 Å². The molecule has 0 aliphatic heterocycles. The molecule has 1 aromatic heterocycles. The van der Waals surface area contributed by atoms with E-state index in [0.717, 1.165) is 11.3 Å². The second-order valence-electron chi connectivity index (χ2n) is 4.25. The second kappa shape index (κ2) is 6.09. The van der Waals surface area contributed by atoms with Crippen LogP contribution in [0.15, 0.2) is 42.6 Å². The van der Waals surface area contributed by atoms with E-state index >= 15 is 0 Å². The number of carbonyl (C=O) groups excluding carboxylic acids is 1. The zero-order valence-corrected chi connectivity index (χ0v) is 11.1. The van der Waals surface area contributed by atoms with Gasteiger partial charge in [-0.1, -0.05) is 18.2 Å². The topological polar surface area (TPSA) is 51.3 Å². The number of para-hydroxylation sites is 1. The SMILES string of the molecule is COC(=O)Cc1ccccc1OC(C)c1ccc[nH]1. The zero-order valence-electron chi connectivity index (χ0n) is 11.1. The highest BCUT2D eigenvalue weighted by Gasteiger charge is 2.13. The molecule has 0 saturated heterocycles. The van der Waals surface area contributed by atoms with Gasteiger partial charge in [-0.05, 0) is 25.1 Å². The molecule has 4 nitrogen and oxygen atoms in total. The van der Waals surface area contributed by atoms with Gasteiger partial charge in [-0.3, -0.25) is 4.79 Å². The summed E-state index contributed by atoms with van der Waals surface area (Å²) in [4.78, 5) is 14.5. The quantitative estimate of drug-likeness (QED) is 0.840. The maximum absolute atomic E-state index is 11.4. The highest BCUT2D eigenvalue weighted by molar-refractivity contribution is 5.73. The Morgan fingerprint density at radius 2 is 2.05 bits per heavy atom. The van der Waals surface area contributed by atoms with E-state index in [2.05, 4.69) is 9.72 Å². The molecular weight excluding hydrogens is 242 g/mol. The van der Waals surface area contributed by atoms with Gasteiger partial charge in [-0.15, -0.1) is 0 Å². The highest BCUT2D eigenvalue weighted by Crippen LogP contribution is 2.25. The molecule has 0 fully saturated rings. The molecule has 1 unspecified atom stereocenters. The van der Waals surface area contributed by atoms with Crippen molar-refractivity contribution >= 4 is 5.97 Å². The van der Waals surface area contributed by atoms with Crippen LogP contribution >= 0.6 is 0 Å². The van der Waals surface area contributed by atoms with E-state index in [4.69, 9.17) is 4.74 Å². The van der Waals surface area contributed by atoms with Crippen LogP contribution in [0.1, 0.15) is 24.3 Å². The molecule has 0 amide bonds. The molecule has 100 valence electrons. The first-order chi connectivity index (χ1) is 9.20. The van der Waals surface area contributed by atoms with E-state index in [9.17, 15) is 4.79 Å². The minimum Gasteiger partial charge on any atom is -0.484 e. The van der Waals surface area contributed by atoms with Gasteiger partial charge < -0.3 is 14.5 Å². The highest BCUT2D eigenvalue weighted by atomic mass is 16.5. The third kappa shape index (κ3) is 3.37. The van der Waals surface area contributed by atoms with Gasteiger partial charge in [-0.2, -0.15) is 0 Å². The molecule has 19 heavy (non-hydrogen) atoms. The Morgan fingerprint density at radius 3 is 2.74 bits per heavy atom. The van der Waals surface area contributed by atoms with Crippen molar-refractivity contribution in [2.45, 2.75) is 19.4 Å². The summed E-state index contributed by atoms with van der Waals surface area (Å²) in [6.07, 6.45) is 1.97. The molecule has 0 spiro atoms. The Hall–Kier alpha value is -2.23. The summed E-state index contributed by atoms with van der Waals surface area (Å²) >= 11 is 0. The summed E-state index contributed by atoms with van der Waals surface area (Å²) in [5.41, 5.74) is 1.82. The number of hydrogen-bond donors (Lipinski definition) is 1. The van der Waals surface area contributed by atoms with E-state index in [1.54, 1.807) is 0 Å². The van der Waals surface area contributed by atoms with Crippen molar-refractivity contribution in [1.29, 1.82) is 0 Å². The molecule has 2 aromatic rings. The molecule has 2 rings (SSSR count). The summed E-state index contributed by atoms with van der Waals surface area (Å²) in [6.45, 7) is 1.96. The van der Waals surface area contributed by atoms with Gasteiger partial charge >= 0.3 is 5.97 Å². The van der Waals surface area contributed by atoms with Crippen LogP contribution in [-0.2, 0) is 16.0 Å². The number of aromatic amines is 1. The molecule has 0 bridgehead atoms. The van der Waals surface area contributed by atoms with Gasteiger partial charge in [0.25, 0.3) is 0 Å². The minimum absolute atomic E-state index is 0.103. The Morgan fingerprint density at radius 1 is 1.26 bits per heavy atom. The molecule has 1 aromatic carbocycles. The Labute approximate surface area is 112 Å². The molecule has 0 saturated carbocycles. The summed E-state index contributed by atoms with van der Waals surface area (Å²) in [6, 6.07) is 11.4. The number of esters is 1. The van der Waals surface area contributed by atoms with Crippen LogP contribution in [0.2, 0.25) is 0 Å². The summed E-state index contributed by atoms with van der Waals surface area (Å²) in [7, 11) is 1.38. The van der Waals surface area contributed by atoms with Crippen LogP contribution in [0, 0.1) is 0 Å². The lowest BCUT2D eigenvalue weighted by atomic mass is 10.1. The van der Waals surface area contributed by atoms with Crippen molar-refractivity contribution in [2.24, 2.45) is 0 Å². The molecule has 0 aliphatic carbocycles. The molecule has 1 heterocycles. The van der Waals surface area contributed by atoms with Crippen LogP contribution in [-0.4, -0.2) is 18.1 Å². The third-order valence-electron chi connectivity index (χ3n) is 2.90. The Balaban J connectivity index is 2.13. The standard InChI is InChI=1S/C15H17NO3/c1-11(13-7-5-9-16-13)19-14-8-4-3-6-12(14)10-15(17)18-2/h3-9,11,16H,10H2,1-2H3. The average Bonchev–Trinajstić information content (AvgIpc) is 2.95. The van der Waals surface area contributed by atoms with Crippen LogP contribution in [0.25, 0.3) is 0 Å². The first-order valence-electron chi connectivity index (χ1n) is 6.15. The largest absolute Gasteiger partial charge is 0.484 e. The molecular formula is C15H17NO3. The Bertz CT molecular complexity index is 534. The number of methoxy groups -OCH3 is 1. The first-order valence-corrected chi connectivity index (χ1v) is 6.15. The summed E-state index contributed by atoms with van der Waals surface area (Å²) < 4.78 is 10.6. The summed E-state index contributed by atoms with van der Waals surface area (Å²) in [5.74, 6) is 0.429. The molecule has 0 aliphatic rings. The van der Waals surface area contributed by atoms with E-state index in [1.165, 1.54) is 7.11 Å². The predicted octanol–water partition coefficient (Wildman–Crippen LogP) is 2.87. The lowest BCUT2D eigenvalue weighted by molar-refractivity contribution is -0.139. The van der Waals surface area contributed by atoms with Crippen molar-refractivity contribution < 1.29 is 14.3 Å². The lowest BCUT2D eigenvalue weighted by Gasteiger charge is -2.16. The fourth-order valence-electron chi connectivity index (χ4n) is 1.84. The Kier molecular flexibility index (Phi) is 4.23. The molecule has 4 heteroatoms. The van der Waals surface area contributed by atoms with Gasteiger partial charge in [0, 0.05) is 11.8 Å². The number of ether oxygens (including phenoxy) is 2. The van der Waals surface area contributed by atoms with Crippen molar-refractivity contribution in [3.63, 3.8) is 0 Å². The number of benzene rings is 1. The van der Waals surface area contributed by atoms with Gasteiger partial charge in [0.2, 0.25) is 0 Å². The van der Waals surface area contributed by atoms with E-state index < -0.39 is 0 Å². The van der Waals surface area contributed by atoms with Gasteiger partial charge in [-0.25, -0.2) is 0 Å². The number of carbonyl (C=O) groups is 1. The number of nitrogens with one attached hydrogen (secondary N) is 1. The normalized spacial score (nSPS) is 11.9. The fourth-order valence-corrected chi connectivity index (χ4v) is 1.84. The fraction of sp³-hybridized carbons (Fsp3) is 0.267. The monoisotopic (exact) mass is 259 g/mol. The zero-order chi connectivity index (χ0) is 13.7. The lowest BCUT2D eigenvalue weighted by Crippen LogP contribution is -2.09. The van der Waals surface area contributed by atoms with E-state index in [1.807, 2.05) is 49.5 Å². The van der Waals surface area contributed by atoms with Crippen LogP contribution in [0.5, 0.6) is 5.75 Å². The average molecular weight is 259 g/mol. The number of aromatic nitrogens is 1. The number of rotatable bonds is 5. The van der Waals surface area contributed by atoms with E-state index in [-0.39, 0.29) is 18.5 Å². The predicted molar refractivity (Wildman–Crippen MR) is 72.0 cm³/mol. The third-order valence-corrected chi connectivity index (χ3v) is 2.90. The number of hydrogen-bond acceptors (Lipinski definition) is 3. The van der Waals surface area contributed by atoms with E-state index in [0.29, 0.717) is 5.75 Å². The smallest absolute Gasteiger partial charge is 0.310 e. The van der Waals surface area contributed by atoms with Gasteiger partial charge in [0.05, 0.1) is 19.2 Å². The van der Waals surface area contributed by atoms with Gasteiger partial charge in [0.15, 0.2) is 0 Å². The molecule has 0 radical (unpaired) electrons. The van der Waals surface area contributed by atoms with Gasteiger partial charge in [0.1, 0.15) is 11.9 Å². The molecule has 1 atom stereocenters. The minimum atomic E-state index is -0.274. The maximum atomic E-state index is 11.4. The summed E-state index contributed by atoms with van der Waals surface area (Å²) in [5, 5.41) is 0. The van der Waals surface area contributed by atoms with Crippen molar-refractivity contribution in [3.8, 4) is 5.75 Å².